The maximum atomic E-state index is 12.4. The number of carbonyl (C=O) groups excluding carboxylic acids is 2. The lowest BCUT2D eigenvalue weighted by molar-refractivity contribution is -0.161. The molecule has 0 bridgehead atoms. The molecule has 0 rings (SSSR count). The highest BCUT2D eigenvalue weighted by molar-refractivity contribution is 5.70. The van der Waals surface area contributed by atoms with Crippen LogP contribution in [0.25, 0.3) is 0 Å². The van der Waals surface area contributed by atoms with E-state index in [1.165, 1.54) is 218 Å². The number of hydrogen-bond donors (Lipinski definition) is 1. The first-order valence-electron chi connectivity index (χ1n) is 40.7. The molecule has 0 aliphatic rings. The van der Waals surface area contributed by atoms with Crippen LogP contribution in [0.1, 0.15) is 373 Å². The van der Waals surface area contributed by atoms with Crippen LogP contribution < -0.4 is 0 Å². The van der Waals surface area contributed by atoms with Gasteiger partial charge in [0.2, 0.25) is 0 Å². The smallest absolute Gasteiger partial charge is 0.306 e. The normalized spacial score (nSPS) is 13.2. The molecule has 0 spiro atoms. The van der Waals surface area contributed by atoms with Gasteiger partial charge >= 0.3 is 11.9 Å². The van der Waals surface area contributed by atoms with Crippen molar-refractivity contribution in [2.75, 3.05) is 13.2 Å². The minimum Gasteiger partial charge on any atom is -0.462 e. The number of aliphatic hydroxyl groups is 1. The lowest BCUT2D eigenvalue weighted by Gasteiger charge is -2.15. The van der Waals surface area contributed by atoms with E-state index < -0.39 is 6.10 Å². The minimum atomic E-state index is -0.782. The number of esters is 2. The summed E-state index contributed by atoms with van der Waals surface area (Å²) >= 11 is 0. The largest absolute Gasteiger partial charge is 0.462 e. The summed E-state index contributed by atoms with van der Waals surface area (Å²) in [4.78, 5) is 24.7. The second-order valence-electron chi connectivity index (χ2n) is 26.7. The number of hydrogen-bond acceptors (Lipinski definition) is 5. The Morgan fingerprint density at radius 3 is 0.625 bits per heavy atom. The van der Waals surface area contributed by atoms with Crippen molar-refractivity contribution < 1.29 is 24.2 Å². The van der Waals surface area contributed by atoms with Crippen molar-refractivity contribution >= 4 is 11.9 Å². The Hall–Kier alpha value is -4.74. The zero-order valence-electron chi connectivity index (χ0n) is 62.8. The molecule has 0 aliphatic heterocycles. The summed E-state index contributed by atoms with van der Waals surface area (Å²) < 4.78 is 10.8. The molecule has 0 aromatic rings. The number of ether oxygens (including phenoxy) is 2. The van der Waals surface area contributed by atoms with Gasteiger partial charge in [-0.05, 0) is 128 Å². The van der Waals surface area contributed by atoms with Crippen molar-refractivity contribution in [1.29, 1.82) is 0 Å². The van der Waals surface area contributed by atoms with Gasteiger partial charge < -0.3 is 14.6 Å². The molecule has 0 aromatic heterocycles. The highest BCUT2D eigenvalue weighted by atomic mass is 16.6. The van der Waals surface area contributed by atoms with E-state index in [9.17, 15) is 14.7 Å². The molecule has 0 saturated carbocycles. The van der Waals surface area contributed by atoms with Crippen molar-refractivity contribution in [1.82, 2.24) is 0 Å². The summed E-state index contributed by atoms with van der Waals surface area (Å²) in [5.41, 5.74) is 0. The van der Waals surface area contributed by atoms with E-state index in [1.807, 2.05) is 0 Å². The highest BCUT2D eigenvalue weighted by Crippen LogP contribution is 2.19. The molecule has 0 heterocycles. The van der Waals surface area contributed by atoms with E-state index in [4.69, 9.17) is 9.47 Å². The van der Waals surface area contributed by atoms with Gasteiger partial charge in [0.1, 0.15) is 6.61 Å². The number of unbranched alkanes of at least 4 members (excludes halogenated alkanes) is 38. The standard InChI is InChI=1S/C91H152O5/c1-3-5-7-9-11-13-15-17-19-21-23-25-27-29-31-33-35-37-39-41-43-45-47-49-51-53-55-57-59-61-63-65-67-69-71-73-75-77-79-81-83-85-90(93)95-88-89(87-92)96-91(94)86-84-82-80-78-76-74-72-70-68-66-64-62-60-58-56-54-52-50-48-46-44-42-40-38-36-34-32-30-28-26-24-22-20-18-16-14-12-10-8-6-4-2/h5-8,11-14,17-20,23-26,29-32,36,38,42,44,48,50,54,56,89,92H,3-4,9-10,15-16,21-22,27-28,33-35,37,39-41,43,45-47,49,51-53,55,57-88H2,1-2H3/b7-5-,8-6-,13-11-,14-12-,19-17-,20-18-,25-23-,26-24-,31-29-,32-30-,38-36-,44-42-,50-48-,56-54-. The molecule has 0 aromatic carbocycles. The highest BCUT2D eigenvalue weighted by Gasteiger charge is 2.16. The molecule has 0 aliphatic carbocycles. The SMILES string of the molecule is CC/C=C\C/C=C\C/C=C\C/C=C\C/C=C\C/C=C\C/C=C\C/C=C\C/C=C\CCCCCCCCCCCCCCCC(=O)OC(CO)COC(=O)CCCCCCCCCCCCCCCCCCCCCCCCCCC/C=C\C/C=C\C/C=C\C/C=C\C/C=C\CC. The van der Waals surface area contributed by atoms with Crippen LogP contribution in [0.2, 0.25) is 0 Å². The third-order valence-corrected chi connectivity index (χ3v) is 17.5. The van der Waals surface area contributed by atoms with Crippen LogP contribution in [0.3, 0.4) is 0 Å². The lowest BCUT2D eigenvalue weighted by Crippen LogP contribution is -2.28. The summed E-state index contributed by atoms with van der Waals surface area (Å²) in [5, 5.41) is 9.74. The van der Waals surface area contributed by atoms with E-state index in [1.54, 1.807) is 0 Å². The molecule has 546 valence electrons. The number of carbonyl (C=O) groups is 2. The van der Waals surface area contributed by atoms with Crippen molar-refractivity contribution in [2.24, 2.45) is 0 Å². The molecular formula is C91H152O5. The second-order valence-corrected chi connectivity index (χ2v) is 26.7. The molecular weight excluding hydrogens is 1170 g/mol. The molecule has 0 radical (unpaired) electrons. The van der Waals surface area contributed by atoms with Gasteiger partial charge in [0.15, 0.2) is 6.10 Å². The Labute approximate surface area is 595 Å². The summed E-state index contributed by atoms with van der Waals surface area (Å²) in [7, 11) is 0. The zero-order chi connectivity index (χ0) is 69.0. The fourth-order valence-corrected chi connectivity index (χ4v) is 11.5. The fraction of sp³-hybridized carbons (Fsp3) is 0.670. The zero-order valence-corrected chi connectivity index (χ0v) is 62.8. The molecule has 0 saturated heterocycles. The van der Waals surface area contributed by atoms with E-state index in [0.29, 0.717) is 12.8 Å². The van der Waals surface area contributed by atoms with E-state index in [-0.39, 0.29) is 25.2 Å². The van der Waals surface area contributed by atoms with Crippen molar-refractivity contribution in [3.05, 3.63) is 170 Å². The summed E-state index contributed by atoms with van der Waals surface area (Å²) in [6.07, 6.45) is 130. The quantitative estimate of drug-likeness (QED) is 0.0373. The van der Waals surface area contributed by atoms with Gasteiger partial charge in [-0.15, -0.1) is 0 Å². The predicted octanol–water partition coefficient (Wildman–Crippen LogP) is 29.1. The third-order valence-electron chi connectivity index (χ3n) is 17.5. The van der Waals surface area contributed by atoms with Crippen LogP contribution in [0.4, 0.5) is 0 Å². The van der Waals surface area contributed by atoms with Crippen LogP contribution in [-0.4, -0.2) is 36.4 Å². The molecule has 0 fully saturated rings. The lowest BCUT2D eigenvalue weighted by atomic mass is 10.0. The summed E-state index contributed by atoms with van der Waals surface area (Å²) in [6.45, 7) is 3.94. The molecule has 0 amide bonds. The van der Waals surface area contributed by atoms with Crippen LogP contribution >= 0.6 is 0 Å². The van der Waals surface area contributed by atoms with Gasteiger partial charge in [-0.2, -0.15) is 0 Å². The molecule has 5 heteroatoms. The first-order chi connectivity index (χ1) is 47.6. The van der Waals surface area contributed by atoms with E-state index in [2.05, 4.69) is 184 Å². The van der Waals surface area contributed by atoms with E-state index in [0.717, 1.165) is 128 Å². The Bertz CT molecular complexity index is 2050. The molecule has 1 N–H and O–H groups in total. The summed E-state index contributed by atoms with van der Waals surface area (Å²) in [5.74, 6) is -0.582. The van der Waals surface area contributed by atoms with Crippen molar-refractivity contribution in [2.45, 2.75) is 380 Å². The molecule has 5 nitrogen and oxygen atoms in total. The number of allylic oxidation sites excluding steroid dienone is 28. The van der Waals surface area contributed by atoms with Crippen molar-refractivity contribution in [3.8, 4) is 0 Å². The van der Waals surface area contributed by atoms with Gasteiger partial charge in [0.25, 0.3) is 0 Å². The average molecular weight is 1330 g/mol. The van der Waals surface area contributed by atoms with Gasteiger partial charge in [-0.3, -0.25) is 9.59 Å². The molecule has 1 unspecified atom stereocenters. The van der Waals surface area contributed by atoms with Crippen LogP contribution in [0.5, 0.6) is 0 Å². The average Bonchev–Trinajstić information content (AvgIpc) is 3.79. The van der Waals surface area contributed by atoms with Crippen LogP contribution in [0.15, 0.2) is 170 Å². The molecule has 96 heavy (non-hydrogen) atoms. The Kier molecular flexibility index (Phi) is 80.3. The predicted molar refractivity (Wildman–Crippen MR) is 426 cm³/mol. The second kappa shape index (κ2) is 84.5. The van der Waals surface area contributed by atoms with Crippen LogP contribution in [0, 0.1) is 0 Å². The van der Waals surface area contributed by atoms with Gasteiger partial charge in [-0.1, -0.05) is 402 Å². The maximum absolute atomic E-state index is 12.4. The fourth-order valence-electron chi connectivity index (χ4n) is 11.5. The minimum absolute atomic E-state index is 0.0689. The van der Waals surface area contributed by atoms with Gasteiger partial charge in [0, 0.05) is 12.8 Å². The third kappa shape index (κ3) is 81.7. The van der Waals surface area contributed by atoms with E-state index >= 15 is 0 Å². The first-order valence-corrected chi connectivity index (χ1v) is 40.7. The Balaban J connectivity index is 3.46. The molecule has 1 atom stereocenters. The Morgan fingerprint density at radius 1 is 0.240 bits per heavy atom. The topological polar surface area (TPSA) is 72.8 Å². The van der Waals surface area contributed by atoms with Crippen LogP contribution in [-0.2, 0) is 19.1 Å². The number of aliphatic hydroxyl groups excluding tert-OH is 1. The Morgan fingerprint density at radius 2 is 0.417 bits per heavy atom. The maximum Gasteiger partial charge on any atom is 0.306 e. The van der Waals surface area contributed by atoms with Gasteiger partial charge in [-0.25, -0.2) is 0 Å². The first kappa shape index (κ1) is 91.3. The van der Waals surface area contributed by atoms with Gasteiger partial charge in [0.05, 0.1) is 6.61 Å². The summed E-state index contributed by atoms with van der Waals surface area (Å²) in [6, 6.07) is 0. The number of rotatable bonds is 74. The monoisotopic (exact) mass is 1330 g/mol. The van der Waals surface area contributed by atoms with Crippen molar-refractivity contribution in [3.63, 3.8) is 0 Å².